The van der Waals surface area contributed by atoms with Gasteiger partial charge in [0.05, 0.1) is 5.56 Å². The lowest BCUT2D eigenvalue weighted by Crippen LogP contribution is -2.39. The smallest absolute Gasteiger partial charge is 0.253 e. The molecule has 3 rings (SSSR count). The summed E-state index contributed by atoms with van der Waals surface area (Å²) in [5.41, 5.74) is 1.11. The van der Waals surface area contributed by atoms with Gasteiger partial charge in [-0.05, 0) is 37.7 Å². The normalized spacial score (nSPS) is 20.3. The minimum absolute atomic E-state index is 0.0922. The number of nitrogens with zero attached hydrogens (tertiary/aromatic N) is 2. The Morgan fingerprint density at radius 2 is 2.04 bits per heavy atom. The number of carbonyl (C=O) groups is 1. The van der Waals surface area contributed by atoms with Crippen molar-refractivity contribution < 1.29 is 4.79 Å². The van der Waals surface area contributed by atoms with Crippen LogP contribution in [0.4, 0.5) is 0 Å². The maximum Gasteiger partial charge on any atom is 0.253 e. The summed E-state index contributed by atoms with van der Waals surface area (Å²) in [6.45, 7) is 3.95. The van der Waals surface area contributed by atoms with E-state index in [0.717, 1.165) is 30.8 Å². The van der Waals surface area contributed by atoms with Gasteiger partial charge in [0.1, 0.15) is 0 Å². The second kappa shape index (κ2) is 8.12. The van der Waals surface area contributed by atoms with E-state index in [9.17, 15) is 9.59 Å². The number of aryl methyl sites for hydroxylation is 1. The lowest BCUT2D eigenvalue weighted by Gasteiger charge is -2.28. The van der Waals surface area contributed by atoms with Gasteiger partial charge in [0.15, 0.2) is 5.16 Å². The molecule has 1 fully saturated rings. The Bertz CT molecular complexity index is 819. The Labute approximate surface area is 157 Å². The molecule has 0 aliphatic heterocycles. The van der Waals surface area contributed by atoms with Crippen LogP contribution in [-0.2, 0) is 7.05 Å². The van der Waals surface area contributed by atoms with E-state index in [4.69, 9.17) is 0 Å². The van der Waals surface area contributed by atoms with Crippen molar-refractivity contribution in [2.75, 3.05) is 0 Å². The van der Waals surface area contributed by atoms with Gasteiger partial charge in [-0.2, -0.15) is 0 Å². The molecule has 1 aliphatic carbocycles. The number of hydrogen-bond donors (Lipinski definition) is 2. The molecule has 0 radical (unpaired) electrons. The van der Waals surface area contributed by atoms with Crippen molar-refractivity contribution in [3.05, 3.63) is 46.1 Å². The Morgan fingerprint density at radius 3 is 2.65 bits per heavy atom. The number of carbonyl (C=O) groups excluding carboxylic acids is 1. The third-order valence-electron chi connectivity index (χ3n) is 4.83. The molecule has 2 heterocycles. The molecule has 0 spiro atoms. The fraction of sp³-hybridized carbons (Fsp3) is 0.526. The standard InChI is InChI=1S/C19H26N4O2S/c1-12(2)17-15(8-9-16(24)22-17)18(25)21-13-4-6-14(7-5-13)26-19-20-10-11-23(19)3/h8-14H,4-7H2,1-3H3,(H,21,25)(H,22,24). The fourth-order valence-electron chi connectivity index (χ4n) is 3.35. The van der Waals surface area contributed by atoms with E-state index in [1.807, 2.05) is 49.6 Å². The first-order valence-corrected chi connectivity index (χ1v) is 10.00. The van der Waals surface area contributed by atoms with Gasteiger partial charge in [-0.25, -0.2) is 4.98 Å². The quantitative estimate of drug-likeness (QED) is 0.843. The number of aromatic nitrogens is 3. The molecular formula is C19H26N4O2S. The average molecular weight is 375 g/mol. The number of nitrogens with one attached hydrogen (secondary N) is 2. The number of rotatable bonds is 5. The summed E-state index contributed by atoms with van der Waals surface area (Å²) in [5.74, 6) is -0.000254. The summed E-state index contributed by atoms with van der Waals surface area (Å²) in [5, 5.41) is 4.74. The van der Waals surface area contributed by atoms with Crippen molar-refractivity contribution >= 4 is 17.7 Å². The Hall–Kier alpha value is -2.02. The van der Waals surface area contributed by atoms with Crippen LogP contribution in [0, 0.1) is 0 Å². The van der Waals surface area contributed by atoms with Gasteiger partial charge in [0.2, 0.25) is 5.56 Å². The van der Waals surface area contributed by atoms with Crippen LogP contribution in [-0.4, -0.2) is 31.7 Å². The highest BCUT2D eigenvalue weighted by Gasteiger charge is 2.25. The average Bonchev–Trinajstić information content (AvgIpc) is 3.01. The van der Waals surface area contributed by atoms with Crippen molar-refractivity contribution in [3.8, 4) is 0 Å². The van der Waals surface area contributed by atoms with Gasteiger partial charge in [0, 0.05) is 42.5 Å². The SMILES string of the molecule is CC(C)c1[nH]c(=O)ccc1C(=O)NC1CCC(Sc2nccn2C)CC1. The lowest BCUT2D eigenvalue weighted by molar-refractivity contribution is 0.0926. The predicted octanol–water partition coefficient (Wildman–Crippen LogP) is 3.07. The molecule has 2 N–H and O–H groups in total. The zero-order chi connectivity index (χ0) is 18.7. The number of aromatic amines is 1. The molecule has 1 aliphatic rings. The summed E-state index contributed by atoms with van der Waals surface area (Å²) in [6.07, 6.45) is 7.84. The molecule has 0 bridgehead atoms. The molecule has 0 atom stereocenters. The highest BCUT2D eigenvalue weighted by atomic mass is 32.2. The first-order valence-electron chi connectivity index (χ1n) is 9.12. The summed E-state index contributed by atoms with van der Waals surface area (Å²) in [6, 6.07) is 3.24. The van der Waals surface area contributed by atoms with Crippen LogP contribution in [0.3, 0.4) is 0 Å². The zero-order valence-electron chi connectivity index (χ0n) is 15.5. The van der Waals surface area contributed by atoms with Crippen molar-refractivity contribution in [1.29, 1.82) is 0 Å². The molecule has 2 aromatic rings. The molecule has 0 unspecified atom stereocenters. The van der Waals surface area contributed by atoms with E-state index in [1.165, 1.54) is 6.07 Å². The van der Waals surface area contributed by atoms with Crippen LogP contribution in [0.5, 0.6) is 0 Å². The van der Waals surface area contributed by atoms with Crippen molar-refractivity contribution in [3.63, 3.8) is 0 Å². The molecular weight excluding hydrogens is 348 g/mol. The first-order chi connectivity index (χ1) is 12.4. The minimum atomic E-state index is -0.169. The number of H-pyrrole nitrogens is 1. The molecule has 26 heavy (non-hydrogen) atoms. The van der Waals surface area contributed by atoms with E-state index >= 15 is 0 Å². The maximum absolute atomic E-state index is 12.7. The monoisotopic (exact) mass is 374 g/mol. The number of imidazole rings is 1. The summed E-state index contributed by atoms with van der Waals surface area (Å²) < 4.78 is 2.04. The molecule has 6 nitrogen and oxygen atoms in total. The fourth-order valence-corrected chi connectivity index (χ4v) is 4.50. The van der Waals surface area contributed by atoms with Gasteiger partial charge >= 0.3 is 0 Å². The van der Waals surface area contributed by atoms with Crippen LogP contribution in [0.15, 0.2) is 34.5 Å². The number of amides is 1. The van der Waals surface area contributed by atoms with Gasteiger partial charge in [-0.15, -0.1) is 0 Å². The molecule has 7 heteroatoms. The molecule has 0 saturated heterocycles. The van der Waals surface area contributed by atoms with Crippen LogP contribution in [0.2, 0.25) is 0 Å². The second-order valence-corrected chi connectivity index (χ2v) is 8.46. The van der Waals surface area contributed by atoms with Crippen molar-refractivity contribution in [1.82, 2.24) is 19.9 Å². The van der Waals surface area contributed by atoms with Crippen LogP contribution in [0.25, 0.3) is 0 Å². The number of hydrogen-bond acceptors (Lipinski definition) is 4. The Kier molecular flexibility index (Phi) is 5.86. The van der Waals surface area contributed by atoms with E-state index in [1.54, 1.807) is 6.07 Å². The summed E-state index contributed by atoms with van der Waals surface area (Å²) in [4.78, 5) is 31.4. The van der Waals surface area contributed by atoms with Gasteiger partial charge in [-0.3, -0.25) is 9.59 Å². The third kappa shape index (κ3) is 4.38. The number of thioether (sulfide) groups is 1. The maximum atomic E-state index is 12.7. The lowest BCUT2D eigenvalue weighted by atomic mass is 9.94. The molecule has 2 aromatic heterocycles. The molecule has 1 amide bonds. The second-order valence-electron chi connectivity index (χ2n) is 7.19. The highest BCUT2D eigenvalue weighted by Crippen LogP contribution is 2.32. The van der Waals surface area contributed by atoms with Crippen molar-refractivity contribution in [2.24, 2.45) is 7.05 Å². The molecule has 0 aromatic carbocycles. The Balaban J connectivity index is 1.57. The van der Waals surface area contributed by atoms with Gasteiger partial charge in [-0.1, -0.05) is 25.6 Å². The van der Waals surface area contributed by atoms with Crippen LogP contribution >= 0.6 is 11.8 Å². The summed E-state index contributed by atoms with van der Waals surface area (Å²) >= 11 is 1.82. The van der Waals surface area contributed by atoms with E-state index in [0.29, 0.717) is 16.5 Å². The highest BCUT2D eigenvalue weighted by molar-refractivity contribution is 7.99. The predicted molar refractivity (Wildman–Crippen MR) is 104 cm³/mol. The van der Waals surface area contributed by atoms with Crippen molar-refractivity contribution in [2.45, 2.75) is 61.9 Å². The minimum Gasteiger partial charge on any atom is -0.349 e. The van der Waals surface area contributed by atoms with Gasteiger partial charge in [0.25, 0.3) is 5.91 Å². The number of pyridine rings is 1. The largest absolute Gasteiger partial charge is 0.349 e. The van der Waals surface area contributed by atoms with Crippen LogP contribution in [0.1, 0.15) is 61.5 Å². The topological polar surface area (TPSA) is 79.8 Å². The van der Waals surface area contributed by atoms with Gasteiger partial charge < -0.3 is 14.9 Å². The molecule has 140 valence electrons. The van der Waals surface area contributed by atoms with E-state index in [2.05, 4.69) is 15.3 Å². The van der Waals surface area contributed by atoms with E-state index in [-0.39, 0.29) is 23.4 Å². The zero-order valence-corrected chi connectivity index (χ0v) is 16.3. The summed E-state index contributed by atoms with van der Waals surface area (Å²) in [7, 11) is 2.01. The van der Waals surface area contributed by atoms with Crippen LogP contribution < -0.4 is 10.9 Å². The molecule has 1 saturated carbocycles. The Morgan fingerprint density at radius 1 is 1.31 bits per heavy atom. The van der Waals surface area contributed by atoms with E-state index < -0.39 is 0 Å². The third-order valence-corrected chi connectivity index (χ3v) is 6.24. The first kappa shape index (κ1) is 18.8.